The predicted octanol–water partition coefficient (Wildman–Crippen LogP) is 9.59. The maximum absolute atomic E-state index is 13.5. The van der Waals surface area contributed by atoms with E-state index < -0.39 is 23.5 Å². The number of fused-ring (bicyclic) bond motifs is 7. The van der Waals surface area contributed by atoms with Crippen molar-refractivity contribution in [2.24, 2.45) is 50.2 Å². The Morgan fingerprint density at radius 3 is 2.15 bits per heavy atom. The lowest BCUT2D eigenvalue weighted by molar-refractivity contribution is -0.215. The molecule has 0 amide bonds. The van der Waals surface area contributed by atoms with Gasteiger partial charge < -0.3 is 14.6 Å². The van der Waals surface area contributed by atoms with Crippen molar-refractivity contribution in [3.05, 3.63) is 59.2 Å². The maximum Gasteiger partial charge on any atom is 0.338 e. The quantitative estimate of drug-likeness (QED) is 0.193. The maximum atomic E-state index is 13.5. The van der Waals surface area contributed by atoms with Crippen LogP contribution in [0.25, 0.3) is 0 Å². The second-order valence-electron chi connectivity index (χ2n) is 18.5. The van der Waals surface area contributed by atoms with E-state index in [4.69, 9.17) is 9.47 Å². The zero-order chi connectivity index (χ0) is 35.1. The first-order valence-electron chi connectivity index (χ1n) is 18.4. The Morgan fingerprint density at radius 1 is 0.812 bits per heavy atom. The minimum atomic E-state index is -1.13. The Labute approximate surface area is 288 Å². The van der Waals surface area contributed by atoms with Crippen molar-refractivity contribution >= 4 is 17.9 Å². The topological polar surface area (TPSA) is 89.9 Å². The Bertz CT molecular complexity index is 1530. The second-order valence-corrected chi connectivity index (χ2v) is 18.5. The van der Waals surface area contributed by atoms with Crippen LogP contribution in [0.2, 0.25) is 0 Å². The van der Waals surface area contributed by atoms with Crippen molar-refractivity contribution in [2.45, 2.75) is 132 Å². The van der Waals surface area contributed by atoms with Crippen LogP contribution in [-0.4, -0.2) is 35.2 Å². The van der Waals surface area contributed by atoms with Crippen molar-refractivity contribution in [3.8, 4) is 0 Å². The van der Waals surface area contributed by atoms with Gasteiger partial charge in [-0.2, -0.15) is 0 Å². The summed E-state index contributed by atoms with van der Waals surface area (Å²) in [5.74, 6) is -0.848. The van der Waals surface area contributed by atoms with Crippen molar-refractivity contribution < 1.29 is 29.0 Å². The minimum absolute atomic E-state index is 0.00749. The van der Waals surface area contributed by atoms with Crippen LogP contribution in [0.15, 0.2) is 53.6 Å². The van der Waals surface area contributed by atoms with E-state index in [0.717, 1.165) is 50.5 Å². The molecule has 6 nitrogen and oxygen atoms in total. The summed E-state index contributed by atoms with van der Waals surface area (Å²) < 4.78 is 12.4. The smallest absolute Gasteiger partial charge is 0.338 e. The van der Waals surface area contributed by atoms with E-state index in [1.165, 1.54) is 11.6 Å². The lowest BCUT2D eigenvalue weighted by atomic mass is 9.33. The summed E-state index contributed by atoms with van der Waals surface area (Å²) in [6, 6.07) is 9.33. The number of aliphatic carboxylic acids is 1. The number of allylic oxidation sites excluding steroid dienone is 3. The van der Waals surface area contributed by atoms with Gasteiger partial charge in [-0.1, -0.05) is 83.9 Å². The van der Waals surface area contributed by atoms with Crippen LogP contribution in [0.5, 0.6) is 0 Å². The van der Waals surface area contributed by atoms with Gasteiger partial charge in [0.1, 0.15) is 17.6 Å². The van der Waals surface area contributed by atoms with Gasteiger partial charge in [0.2, 0.25) is 0 Å². The van der Waals surface area contributed by atoms with Crippen LogP contribution in [0.3, 0.4) is 0 Å². The fourth-order valence-corrected chi connectivity index (χ4v) is 12.3. The van der Waals surface area contributed by atoms with Crippen LogP contribution in [-0.2, 0) is 19.1 Å². The van der Waals surface area contributed by atoms with Crippen LogP contribution in [0.1, 0.15) is 130 Å². The molecule has 0 aromatic heterocycles. The molecule has 0 heterocycles. The summed E-state index contributed by atoms with van der Waals surface area (Å²) in [6.45, 7) is 20.2. The molecular formula is C42H58O6. The van der Waals surface area contributed by atoms with E-state index in [0.29, 0.717) is 30.2 Å². The van der Waals surface area contributed by atoms with Gasteiger partial charge in [-0.15, -0.1) is 0 Å². The predicted molar refractivity (Wildman–Crippen MR) is 187 cm³/mol. The fourth-order valence-electron chi connectivity index (χ4n) is 12.3. The van der Waals surface area contributed by atoms with E-state index in [2.05, 4.69) is 54.5 Å². The van der Waals surface area contributed by atoms with Crippen LogP contribution in [0.4, 0.5) is 0 Å². The minimum Gasteiger partial charge on any atom is -0.481 e. The molecule has 262 valence electrons. The molecule has 0 aliphatic heterocycles. The first-order valence-corrected chi connectivity index (χ1v) is 18.4. The SMILES string of the molecule is CC(C)=CC(=O)O[C@@H]1CC(C)(C)C[C@H]2C3=CC[C@@H]4[C@@]5(C)CC[C@H](OC(=O)c6ccccc6)C(C)(C)[C@@H]5CC[C@@]4(C)[C@]3(C)CC[C@@]12C(=O)O. The van der Waals surface area contributed by atoms with Gasteiger partial charge in [0.25, 0.3) is 0 Å². The highest BCUT2D eigenvalue weighted by molar-refractivity contribution is 5.89. The molecule has 6 heteroatoms. The summed E-state index contributed by atoms with van der Waals surface area (Å²) in [7, 11) is 0. The van der Waals surface area contributed by atoms with Gasteiger partial charge in [-0.25, -0.2) is 9.59 Å². The average molecular weight is 659 g/mol. The van der Waals surface area contributed by atoms with Gasteiger partial charge >= 0.3 is 17.9 Å². The molecule has 4 fully saturated rings. The van der Waals surface area contributed by atoms with E-state index in [1.54, 1.807) is 0 Å². The van der Waals surface area contributed by atoms with Gasteiger partial charge in [0.15, 0.2) is 0 Å². The Balaban J connectivity index is 1.34. The van der Waals surface area contributed by atoms with Gasteiger partial charge in [-0.3, -0.25) is 4.79 Å². The number of ether oxygens (including phenoxy) is 2. The van der Waals surface area contributed by atoms with Crippen molar-refractivity contribution in [2.75, 3.05) is 0 Å². The molecule has 48 heavy (non-hydrogen) atoms. The molecule has 6 rings (SSSR count). The third kappa shape index (κ3) is 5.13. The number of benzene rings is 1. The highest BCUT2D eigenvalue weighted by atomic mass is 16.5. The molecule has 0 radical (unpaired) electrons. The van der Waals surface area contributed by atoms with Crippen molar-refractivity contribution in [3.63, 3.8) is 0 Å². The first kappa shape index (κ1) is 35.0. The van der Waals surface area contributed by atoms with Crippen molar-refractivity contribution in [1.29, 1.82) is 0 Å². The number of carbonyl (C=O) groups excluding carboxylic acids is 2. The molecule has 5 aliphatic carbocycles. The molecule has 1 aromatic carbocycles. The number of rotatable bonds is 5. The summed E-state index contributed by atoms with van der Waals surface area (Å²) in [4.78, 5) is 39.7. The fraction of sp³-hybridized carbons (Fsp3) is 0.690. The van der Waals surface area contributed by atoms with Gasteiger partial charge in [0, 0.05) is 17.4 Å². The Kier molecular flexibility index (Phi) is 8.44. The number of carboxylic acids is 1. The second kappa shape index (κ2) is 11.6. The highest BCUT2D eigenvalue weighted by Crippen LogP contribution is 2.76. The van der Waals surface area contributed by atoms with Gasteiger partial charge in [0.05, 0.1) is 5.56 Å². The number of carboxylic acid groups (broad SMARTS) is 1. The number of hydrogen-bond acceptors (Lipinski definition) is 5. The normalized spacial score (nSPS) is 40.8. The third-order valence-corrected chi connectivity index (χ3v) is 14.9. The lowest BCUT2D eigenvalue weighted by Gasteiger charge is -2.71. The van der Waals surface area contributed by atoms with Gasteiger partial charge in [-0.05, 0) is 117 Å². The lowest BCUT2D eigenvalue weighted by Crippen LogP contribution is -2.67. The zero-order valence-electron chi connectivity index (χ0n) is 30.8. The number of esters is 2. The van der Waals surface area contributed by atoms with E-state index in [-0.39, 0.29) is 45.1 Å². The summed E-state index contributed by atoms with van der Waals surface area (Å²) >= 11 is 0. The van der Waals surface area contributed by atoms with E-state index in [1.807, 2.05) is 44.2 Å². The number of carbonyl (C=O) groups is 3. The Hall–Kier alpha value is -2.89. The third-order valence-electron chi connectivity index (χ3n) is 14.9. The average Bonchev–Trinajstić information content (AvgIpc) is 2.98. The number of hydrogen-bond donors (Lipinski definition) is 1. The molecule has 4 saturated carbocycles. The Morgan fingerprint density at radius 2 is 1.50 bits per heavy atom. The zero-order valence-corrected chi connectivity index (χ0v) is 30.8. The van der Waals surface area contributed by atoms with Crippen LogP contribution in [0, 0.1) is 50.2 Å². The monoisotopic (exact) mass is 658 g/mol. The molecule has 5 aliphatic rings. The highest BCUT2D eigenvalue weighted by Gasteiger charge is 2.71. The summed E-state index contributed by atoms with van der Waals surface area (Å²) in [5, 5.41) is 11.1. The molecule has 0 bridgehead atoms. The summed E-state index contributed by atoms with van der Waals surface area (Å²) in [5.41, 5.74) is 1.18. The standard InChI is InChI=1S/C42H58O6/c1-26(2)23-34(43)47-33-25-37(3,4)24-29-28-15-16-31-39(7)19-18-32(48-35(44)27-13-11-10-12-14-27)38(5,6)30(39)17-20-41(31,9)40(28,8)21-22-42(29,33)36(45)46/h10-15,23,29-33H,16-22,24-25H2,1-9H3,(H,45,46)/t29-,30-,31+,32-,33+,39-,40+,41+,42-/m0/s1. The molecule has 0 spiro atoms. The molecule has 9 atom stereocenters. The van der Waals surface area contributed by atoms with Crippen LogP contribution >= 0.6 is 0 Å². The van der Waals surface area contributed by atoms with Crippen molar-refractivity contribution in [1.82, 2.24) is 0 Å². The molecular weight excluding hydrogens is 600 g/mol. The summed E-state index contributed by atoms with van der Waals surface area (Å²) in [6.07, 6.45) is 10.6. The largest absolute Gasteiger partial charge is 0.481 e. The molecule has 1 N–H and O–H groups in total. The molecule has 1 aromatic rings. The van der Waals surface area contributed by atoms with E-state index >= 15 is 0 Å². The van der Waals surface area contributed by atoms with E-state index in [9.17, 15) is 19.5 Å². The molecule has 0 saturated heterocycles. The van der Waals surface area contributed by atoms with Crippen LogP contribution < -0.4 is 0 Å². The molecule has 0 unspecified atom stereocenters. The first-order chi connectivity index (χ1) is 22.3.